The Bertz CT molecular complexity index is 2820. The highest BCUT2D eigenvalue weighted by Gasteiger charge is 2.37. The summed E-state index contributed by atoms with van der Waals surface area (Å²) < 4.78 is 6.53. The Morgan fingerprint density at radius 3 is 1.73 bits per heavy atom. The number of aromatic nitrogens is 3. The van der Waals surface area contributed by atoms with E-state index in [1.807, 2.05) is 18.2 Å². The van der Waals surface area contributed by atoms with E-state index in [0.29, 0.717) is 17.5 Å². The van der Waals surface area contributed by atoms with E-state index >= 15 is 0 Å². The summed E-state index contributed by atoms with van der Waals surface area (Å²) in [5.74, 6) is 1.86. The predicted molar refractivity (Wildman–Crippen MR) is 212 cm³/mol. The van der Waals surface area contributed by atoms with E-state index in [2.05, 4.69) is 159 Å². The van der Waals surface area contributed by atoms with Crippen molar-refractivity contribution in [1.29, 1.82) is 0 Å². The molecule has 52 heavy (non-hydrogen) atoms. The third-order valence-corrected chi connectivity index (χ3v) is 10.6. The highest BCUT2D eigenvalue weighted by atomic mass is 16.3. The molecule has 7 aromatic carbocycles. The van der Waals surface area contributed by atoms with Crippen molar-refractivity contribution in [1.82, 2.24) is 15.0 Å². The molecule has 0 unspecified atom stereocenters. The van der Waals surface area contributed by atoms with E-state index in [1.54, 1.807) is 0 Å². The minimum absolute atomic E-state index is 0.147. The summed E-state index contributed by atoms with van der Waals surface area (Å²) in [5, 5.41) is 2.16. The highest BCUT2D eigenvalue weighted by Crippen LogP contribution is 2.51. The fourth-order valence-electron chi connectivity index (χ4n) is 8.06. The van der Waals surface area contributed by atoms with Crippen molar-refractivity contribution < 1.29 is 4.42 Å². The Morgan fingerprint density at radius 1 is 0.404 bits per heavy atom. The van der Waals surface area contributed by atoms with Crippen LogP contribution in [0.4, 0.5) is 0 Å². The zero-order valence-corrected chi connectivity index (χ0v) is 28.8. The molecule has 9 aromatic rings. The average Bonchev–Trinajstić information content (AvgIpc) is 3.70. The molecular formula is C48H33N3O. The first-order valence-electron chi connectivity index (χ1n) is 17.7. The number of hydrogen-bond donors (Lipinski definition) is 0. The Balaban J connectivity index is 1.21. The molecule has 1 aliphatic carbocycles. The van der Waals surface area contributed by atoms with Crippen LogP contribution in [0.1, 0.15) is 25.0 Å². The zero-order chi connectivity index (χ0) is 34.8. The number of rotatable bonds is 5. The maximum atomic E-state index is 6.53. The lowest BCUT2D eigenvalue weighted by atomic mass is 9.82. The van der Waals surface area contributed by atoms with Crippen LogP contribution >= 0.6 is 0 Å². The number of nitrogens with zero attached hydrogens (tertiary/aromatic N) is 3. The predicted octanol–water partition coefficient (Wildman–Crippen LogP) is 12.4. The molecule has 4 nitrogen and oxygen atoms in total. The molecule has 4 heteroatoms. The second kappa shape index (κ2) is 11.7. The molecule has 2 heterocycles. The molecule has 2 aromatic heterocycles. The lowest BCUT2D eigenvalue weighted by Gasteiger charge is -2.21. The number of hydrogen-bond acceptors (Lipinski definition) is 4. The van der Waals surface area contributed by atoms with Gasteiger partial charge in [0.25, 0.3) is 0 Å². The molecule has 0 saturated carbocycles. The number of fused-ring (bicyclic) bond motifs is 6. The van der Waals surface area contributed by atoms with Crippen LogP contribution in [0.5, 0.6) is 0 Å². The molecule has 0 amide bonds. The van der Waals surface area contributed by atoms with Gasteiger partial charge in [-0.05, 0) is 62.7 Å². The first-order chi connectivity index (χ1) is 25.5. The fourth-order valence-corrected chi connectivity index (χ4v) is 8.06. The fraction of sp³-hybridized carbons (Fsp3) is 0.0625. The van der Waals surface area contributed by atoms with Crippen LogP contribution in [0, 0.1) is 0 Å². The molecule has 1 aliphatic rings. The van der Waals surface area contributed by atoms with E-state index < -0.39 is 0 Å². The Labute approximate surface area is 302 Å². The number of furan rings is 1. The molecule has 0 fully saturated rings. The maximum Gasteiger partial charge on any atom is 0.164 e. The molecule has 0 spiro atoms. The van der Waals surface area contributed by atoms with Crippen LogP contribution in [0.3, 0.4) is 0 Å². The van der Waals surface area contributed by atoms with Crippen molar-refractivity contribution in [2.45, 2.75) is 19.3 Å². The Hall–Kier alpha value is -6.65. The summed E-state index contributed by atoms with van der Waals surface area (Å²) in [7, 11) is 0. The van der Waals surface area contributed by atoms with Gasteiger partial charge in [0, 0.05) is 32.9 Å². The standard InChI is InChI=1S/C48H33N3O/c1-48(2)39-24-12-11-21-36(39)43-38(23-13-25-40(43)48)47-50-45(49-46(51-47)35-20-10-9-19-33(35)30-15-5-3-6-16-30)32-27-28-37-42(29-32)52-41-26-14-22-34(44(37)41)31-17-7-4-8-18-31/h3-29H,1-2H3. The van der Waals surface area contributed by atoms with Gasteiger partial charge >= 0.3 is 0 Å². The average molecular weight is 668 g/mol. The molecule has 0 bridgehead atoms. The Morgan fingerprint density at radius 2 is 0.962 bits per heavy atom. The normalized spacial score (nSPS) is 13.0. The van der Waals surface area contributed by atoms with Gasteiger partial charge in [-0.15, -0.1) is 0 Å². The van der Waals surface area contributed by atoms with Crippen LogP contribution in [0.25, 0.3) is 89.5 Å². The first-order valence-corrected chi connectivity index (χ1v) is 17.7. The largest absolute Gasteiger partial charge is 0.456 e. The lowest BCUT2D eigenvalue weighted by Crippen LogP contribution is -2.14. The summed E-state index contributed by atoms with van der Waals surface area (Å²) in [6.45, 7) is 4.60. The van der Waals surface area contributed by atoms with E-state index in [1.165, 1.54) is 22.3 Å². The molecule has 246 valence electrons. The zero-order valence-electron chi connectivity index (χ0n) is 28.8. The molecule has 0 saturated heterocycles. The van der Waals surface area contributed by atoms with Crippen molar-refractivity contribution >= 4 is 21.9 Å². The van der Waals surface area contributed by atoms with Gasteiger partial charge in [0.2, 0.25) is 0 Å². The summed E-state index contributed by atoms with van der Waals surface area (Å²) in [4.78, 5) is 15.8. The van der Waals surface area contributed by atoms with Crippen LogP contribution in [0.2, 0.25) is 0 Å². The minimum Gasteiger partial charge on any atom is -0.456 e. The second-order valence-electron chi connectivity index (χ2n) is 14.0. The summed E-state index contributed by atoms with van der Waals surface area (Å²) in [5.41, 5.74) is 13.8. The van der Waals surface area contributed by atoms with Gasteiger partial charge in [-0.1, -0.05) is 159 Å². The third-order valence-electron chi connectivity index (χ3n) is 10.6. The summed E-state index contributed by atoms with van der Waals surface area (Å²) >= 11 is 0. The number of benzene rings is 7. The second-order valence-corrected chi connectivity index (χ2v) is 14.0. The Kier molecular flexibility index (Phi) is 6.80. The SMILES string of the molecule is CC1(C)c2ccccc2-c2c(-c3nc(-c4ccc5c(c4)oc4cccc(-c6ccccc6)c45)nc(-c4ccccc4-c4ccccc4)n3)cccc21. The van der Waals surface area contributed by atoms with Crippen LogP contribution in [0.15, 0.2) is 168 Å². The monoisotopic (exact) mass is 667 g/mol. The van der Waals surface area contributed by atoms with E-state index in [9.17, 15) is 0 Å². The summed E-state index contributed by atoms with van der Waals surface area (Å²) in [6.07, 6.45) is 0. The molecule has 10 rings (SSSR count). The van der Waals surface area contributed by atoms with Crippen molar-refractivity contribution in [2.24, 2.45) is 0 Å². The first kappa shape index (κ1) is 30.2. The van der Waals surface area contributed by atoms with Crippen molar-refractivity contribution in [2.75, 3.05) is 0 Å². The van der Waals surface area contributed by atoms with Gasteiger partial charge in [-0.3, -0.25) is 0 Å². The third kappa shape index (κ3) is 4.72. The molecular weight excluding hydrogens is 635 g/mol. The van der Waals surface area contributed by atoms with Crippen molar-refractivity contribution in [3.8, 4) is 67.5 Å². The summed E-state index contributed by atoms with van der Waals surface area (Å²) in [6, 6.07) is 57.1. The van der Waals surface area contributed by atoms with Crippen molar-refractivity contribution in [3.63, 3.8) is 0 Å². The van der Waals surface area contributed by atoms with Crippen LogP contribution < -0.4 is 0 Å². The van der Waals surface area contributed by atoms with Gasteiger partial charge in [-0.25, -0.2) is 15.0 Å². The van der Waals surface area contributed by atoms with Gasteiger partial charge in [0.05, 0.1) is 0 Å². The highest BCUT2D eigenvalue weighted by molar-refractivity contribution is 6.13. The quantitative estimate of drug-likeness (QED) is 0.183. The van der Waals surface area contributed by atoms with Gasteiger partial charge < -0.3 is 4.42 Å². The van der Waals surface area contributed by atoms with E-state index in [0.717, 1.165) is 60.9 Å². The van der Waals surface area contributed by atoms with Gasteiger partial charge in [0.1, 0.15) is 11.2 Å². The maximum absolute atomic E-state index is 6.53. The smallest absolute Gasteiger partial charge is 0.164 e. The van der Waals surface area contributed by atoms with Crippen LogP contribution in [-0.4, -0.2) is 15.0 Å². The van der Waals surface area contributed by atoms with Crippen LogP contribution in [-0.2, 0) is 5.41 Å². The van der Waals surface area contributed by atoms with Gasteiger partial charge in [-0.2, -0.15) is 0 Å². The molecule has 0 atom stereocenters. The topological polar surface area (TPSA) is 51.8 Å². The molecule has 0 aliphatic heterocycles. The van der Waals surface area contributed by atoms with Gasteiger partial charge in [0.15, 0.2) is 17.5 Å². The minimum atomic E-state index is -0.147. The van der Waals surface area contributed by atoms with E-state index in [-0.39, 0.29) is 5.41 Å². The molecule has 0 radical (unpaired) electrons. The van der Waals surface area contributed by atoms with E-state index in [4.69, 9.17) is 19.4 Å². The van der Waals surface area contributed by atoms with Crippen molar-refractivity contribution in [3.05, 3.63) is 175 Å². The lowest BCUT2D eigenvalue weighted by molar-refractivity contribution is 0.660. The molecule has 0 N–H and O–H groups in total.